The largest absolute Gasteiger partial charge is 0.405 e. The highest BCUT2D eigenvalue weighted by Crippen LogP contribution is 2.18. The van der Waals surface area contributed by atoms with E-state index in [0.717, 1.165) is 0 Å². The molecule has 0 spiro atoms. The molecule has 2 nitrogen and oxygen atoms in total. The molecule has 15 heavy (non-hydrogen) atoms. The Morgan fingerprint density at radius 1 is 1.13 bits per heavy atom. The van der Waals surface area contributed by atoms with Crippen molar-refractivity contribution in [2.75, 3.05) is 11.9 Å². The lowest BCUT2D eigenvalue weighted by atomic mass is 10.4. The van der Waals surface area contributed by atoms with Gasteiger partial charge in [0.25, 0.3) is 5.95 Å². The maximum Gasteiger partial charge on any atom is 0.405 e. The Bertz CT molecular complexity index is 361. The quantitative estimate of drug-likeness (QED) is 0.623. The van der Waals surface area contributed by atoms with Crippen LogP contribution >= 0.6 is 0 Å². The minimum absolute atomic E-state index is 0.112. The Hall–Kier alpha value is -1.47. The summed E-state index contributed by atoms with van der Waals surface area (Å²) in [7, 11) is 0. The monoisotopic (exact) mass is 230 g/mol. The van der Waals surface area contributed by atoms with Gasteiger partial charge in [0.2, 0.25) is 0 Å². The molecule has 0 radical (unpaired) electrons. The Kier molecular flexibility index (Phi) is 3.06. The number of hydrogen-bond donors (Lipinski definition) is 1. The molecular formula is C7H4F6N2. The molecule has 0 saturated heterocycles. The van der Waals surface area contributed by atoms with Crippen molar-refractivity contribution in [2.45, 2.75) is 6.18 Å². The Morgan fingerprint density at radius 2 is 1.73 bits per heavy atom. The van der Waals surface area contributed by atoms with E-state index in [0.29, 0.717) is 0 Å². The zero-order valence-electron chi connectivity index (χ0n) is 7.00. The van der Waals surface area contributed by atoms with Crippen molar-refractivity contribution in [3.63, 3.8) is 0 Å². The van der Waals surface area contributed by atoms with E-state index >= 15 is 0 Å². The number of pyridine rings is 1. The molecule has 84 valence electrons. The normalized spacial score (nSPS) is 11.6. The summed E-state index contributed by atoms with van der Waals surface area (Å²) in [4.78, 5) is 2.65. The highest BCUT2D eigenvalue weighted by Gasteiger charge is 2.27. The molecule has 0 aliphatic heterocycles. The summed E-state index contributed by atoms with van der Waals surface area (Å²) in [6.45, 7) is -1.58. The van der Waals surface area contributed by atoms with Gasteiger partial charge in [-0.2, -0.15) is 22.5 Å². The summed E-state index contributed by atoms with van der Waals surface area (Å²) >= 11 is 0. The van der Waals surface area contributed by atoms with Gasteiger partial charge in [-0.15, -0.1) is 0 Å². The van der Waals surface area contributed by atoms with E-state index < -0.39 is 36.1 Å². The number of nitrogens with zero attached hydrogens (tertiary/aromatic N) is 1. The minimum Gasteiger partial charge on any atom is -0.359 e. The van der Waals surface area contributed by atoms with Crippen molar-refractivity contribution in [1.29, 1.82) is 0 Å². The summed E-state index contributed by atoms with van der Waals surface area (Å²) in [6, 6.07) is 0.112. The SMILES string of the molecule is Fc1cc(F)c(NCC(F)(F)F)nc1F. The van der Waals surface area contributed by atoms with Crippen LogP contribution in [0.15, 0.2) is 6.07 Å². The standard InChI is InChI=1S/C7H4F6N2/c8-3-1-4(9)6(15-5(3)10)14-2-7(11,12)13/h1H,2H2,(H,14,15). The molecule has 0 saturated carbocycles. The number of nitrogens with one attached hydrogen (secondary N) is 1. The lowest BCUT2D eigenvalue weighted by Gasteiger charge is -2.09. The van der Waals surface area contributed by atoms with Gasteiger partial charge in [0.1, 0.15) is 6.54 Å². The summed E-state index contributed by atoms with van der Waals surface area (Å²) in [5.41, 5.74) is 0. The maximum absolute atomic E-state index is 12.7. The third kappa shape index (κ3) is 3.30. The van der Waals surface area contributed by atoms with Crippen LogP contribution in [0.4, 0.5) is 32.2 Å². The van der Waals surface area contributed by atoms with Gasteiger partial charge in [0.15, 0.2) is 17.5 Å². The Labute approximate surface area is 79.9 Å². The topological polar surface area (TPSA) is 24.9 Å². The smallest absolute Gasteiger partial charge is 0.359 e. The van der Waals surface area contributed by atoms with Crippen molar-refractivity contribution < 1.29 is 26.3 Å². The fraction of sp³-hybridized carbons (Fsp3) is 0.286. The van der Waals surface area contributed by atoms with Gasteiger partial charge >= 0.3 is 6.18 Å². The van der Waals surface area contributed by atoms with Crippen molar-refractivity contribution in [1.82, 2.24) is 4.98 Å². The van der Waals surface area contributed by atoms with Crippen LogP contribution in [0, 0.1) is 17.6 Å². The summed E-state index contributed by atoms with van der Waals surface area (Å²) in [5.74, 6) is -5.60. The molecule has 0 aromatic carbocycles. The summed E-state index contributed by atoms with van der Waals surface area (Å²) in [6.07, 6.45) is -4.60. The second-order valence-electron chi connectivity index (χ2n) is 2.56. The molecule has 0 fully saturated rings. The number of aromatic nitrogens is 1. The first-order chi connectivity index (χ1) is 6.79. The molecule has 0 bridgehead atoms. The first-order valence-corrected chi connectivity index (χ1v) is 3.62. The predicted octanol–water partition coefficient (Wildman–Crippen LogP) is 2.47. The fourth-order valence-corrected chi connectivity index (χ4v) is 0.752. The minimum atomic E-state index is -4.60. The number of anilines is 1. The number of alkyl halides is 3. The molecule has 0 unspecified atom stereocenters. The van der Waals surface area contributed by atoms with E-state index in [2.05, 4.69) is 4.98 Å². The highest BCUT2D eigenvalue weighted by atomic mass is 19.4. The van der Waals surface area contributed by atoms with Crippen molar-refractivity contribution >= 4 is 5.82 Å². The predicted molar refractivity (Wildman–Crippen MR) is 38.7 cm³/mol. The third-order valence-corrected chi connectivity index (χ3v) is 1.34. The van der Waals surface area contributed by atoms with Crippen LogP contribution in [0.1, 0.15) is 0 Å². The fourth-order valence-electron chi connectivity index (χ4n) is 0.752. The maximum atomic E-state index is 12.7. The average molecular weight is 230 g/mol. The second-order valence-corrected chi connectivity index (χ2v) is 2.56. The number of hydrogen-bond acceptors (Lipinski definition) is 2. The van der Waals surface area contributed by atoms with Gasteiger partial charge in [-0.25, -0.2) is 8.78 Å². The number of rotatable bonds is 2. The lowest BCUT2D eigenvalue weighted by Crippen LogP contribution is -2.22. The zero-order valence-corrected chi connectivity index (χ0v) is 7.00. The molecule has 1 N–H and O–H groups in total. The van der Waals surface area contributed by atoms with Crippen LogP contribution in [0.5, 0.6) is 0 Å². The van der Waals surface area contributed by atoms with Crippen LogP contribution < -0.4 is 5.32 Å². The lowest BCUT2D eigenvalue weighted by molar-refractivity contribution is -0.115. The molecule has 8 heteroatoms. The van der Waals surface area contributed by atoms with E-state index in [1.165, 1.54) is 5.32 Å². The number of halogens is 6. The van der Waals surface area contributed by atoms with Crippen LogP contribution in [0.2, 0.25) is 0 Å². The molecule has 1 heterocycles. The first kappa shape index (κ1) is 11.6. The molecule has 0 atom stereocenters. The van der Waals surface area contributed by atoms with E-state index in [4.69, 9.17) is 0 Å². The first-order valence-electron chi connectivity index (χ1n) is 3.62. The molecule has 1 aromatic heterocycles. The van der Waals surface area contributed by atoms with Gasteiger partial charge in [-0.1, -0.05) is 0 Å². The Balaban J connectivity index is 2.82. The summed E-state index contributed by atoms with van der Waals surface area (Å²) < 4.78 is 72.4. The van der Waals surface area contributed by atoms with Gasteiger partial charge in [0, 0.05) is 6.07 Å². The molecule has 0 aliphatic rings. The zero-order chi connectivity index (χ0) is 11.6. The van der Waals surface area contributed by atoms with Gasteiger partial charge in [-0.05, 0) is 0 Å². The highest BCUT2D eigenvalue weighted by molar-refractivity contribution is 5.36. The van der Waals surface area contributed by atoms with Crippen LogP contribution in [0.3, 0.4) is 0 Å². The molecule has 1 rings (SSSR count). The van der Waals surface area contributed by atoms with Crippen molar-refractivity contribution in [2.24, 2.45) is 0 Å². The average Bonchev–Trinajstić information content (AvgIpc) is 2.07. The molecule has 0 amide bonds. The van der Waals surface area contributed by atoms with E-state index in [1.807, 2.05) is 0 Å². The molecule has 0 aliphatic carbocycles. The van der Waals surface area contributed by atoms with E-state index in [9.17, 15) is 26.3 Å². The van der Waals surface area contributed by atoms with Crippen LogP contribution in [-0.4, -0.2) is 17.7 Å². The second kappa shape index (κ2) is 3.95. The van der Waals surface area contributed by atoms with Gasteiger partial charge in [0.05, 0.1) is 0 Å². The summed E-state index contributed by atoms with van der Waals surface area (Å²) in [5, 5.41) is 1.50. The van der Waals surface area contributed by atoms with Gasteiger partial charge < -0.3 is 5.32 Å². The van der Waals surface area contributed by atoms with Gasteiger partial charge in [-0.3, -0.25) is 0 Å². The van der Waals surface area contributed by atoms with Crippen LogP contribution in [0.25, 0.3) is 0 Å². The van der Waals surface area contributed by atoms with Crippen LogP contribution in [-0.2, 0) is 0 Å². The molecular weight excluding hydrogens is 226 g/mol. The van der Waals surface area contributed by atoms with Crippen molar-refractivity contribution in [3.05, 3.63) is 23.6 Å². The third-order valence-electron chi connectivity index (χ3n) is 1.34. The van der Waals surface area contributed by atoms with E-state index in [-0.39, 0.29) is 6.07 Å². The Morgan fingerprint density at radius 3 is 2.27 bits per heavy atom. The van der Waals surface area contributed by atoms with Crippen molar-refractivity contribution in [3.8, 4) is 0 Å². The molecule has 1 aromatic rings. The van der Waals surface area contributed by atoms with E-state index in [1.54, 1.807) is 0 Å².